The molecule has 16 heavy (non-hydrogen) atoms. The first kappa shape index (κ1) is 10.5. The van der Waals surface area contributed by atoms with Crippen molar-refractivity contribution in [3.63, 3.8) is 0 Å². The molecule has 2 aromatic rings. The molecule has 0 spiro atoms. The second kappa shape index (κ2) is 3.41. The second-order valence-corrected chi connectivity index (χ2v) is 8.38. The van der Waals surface area contributed by atoms with Gasteiger partial charge in [-0.15, -0.1) is 0 Å². The molecule has 0 bridgehead atoms. The standard InChI is InChI=1S/C12H8O2Se2/c1-5-9-10(6(2)16-5)12(14)8-4-15-3-7(8)11(9)13/h3-4H,1-2H3. The van der Waals surface area contributed by atoms with Crippen molar-refractivity contribution in [2.45, 2.75) is 13.8 Å². The summed E-state index contributed by atoms with van der Waals surface area (Å²) < 4.78 is 2.22. The minimum absolute atomic E-state index is 0.0800. The van der Waals surface area contributed by atoms with Gasteiger partial charge in [0.1, 0.15) is 0 Å². The van der Waals surface area contributed by atoms with Crippen LogP contribution in [0.15, 0.2) is 9.88 Å². The minimum atomic E-state index is 0.0800. The maximum absolute atomic E-state index is 12.3. The van der Waals surface area contributed by atoms with Crippen LogP contribution in [0, 0.1) is 13.8 Å². The molecule has 1 aliphatic rings. The fourth-order valence-corrected chi connectivity index (χ4v) is 6.05. The quantitative estimate of drug-likeness (QED) is 0.576. The van der Waals surface area contributed by atoms with E-state index in [2.05, 4.69) is 0 Å². The predicted octanol–water partition coefficient (Wildman–Crippen LogP) is 1.19. The third-order valence-corrected chi connectivity index (χ3v) is 6.57. The van der Waals surface area contributed by atoms with Crippen molar-refractivity contribution in [3.8, 4) is 0 Å². The molecule has 0 saturated heterocycles. The van der Waals surface area contributed by atoms with Crippen molar-refractivity contribution >= 4 is 40.6 Å². The van der Waals surface area contributed by atoms with E-state index in [0.29, 0.717) is 22.3 Å². The Morgan fingerprint density at radius 3 is 1.75 bits per heavy atom. The normalized spacial score (nSPS) is 13.9. The third-order valence-electron chi connectivity index (χ3n) is 2.87. The summed E-state index contributed by atoms with van der Waals surface area (Å²) in [6, 6.07) is 0. The molecule has 0 radical (unpaired) electrons. The van der Waals surface area contributed by atoms with Gasteiger partial charge in [0.15, 0.2) is 0 Å². The van der Waals surface area contributed by atoms with Gasteiger partial charge >= 0.3 is 105 Å². The van der Waals surface area contributed by atoms with Gasteiger partial charge in [0.05, 0.1) is 0 Å². The van der Waals surface area contributed by atoms with Crippen LogP contribution >= 0.6 is 0 Å². The number of carbonyl (C=O) groups excluding carboxylic acids is 2. The van der Waals surface area contributed by atoms with Gasteiger partial charge in [-0.3, -0.25) is 0 Å². The number of ketones is 2. The molecule has 2 nitrogen and oxygen atoms in total. The van der Waals surface area contributed by atoms with E-state index in [1.54, 1.807) is 0 Å². The van der Waals surface area contributed by atoms with Gasteiger partial charge in [-0.05, 0) is 0 Å². The van der Waals surface area contributed by atoms with Crippen LogP contribution in [0.5, 0.6) is 0 Å². The SMILES string of the molecule is Cc1[se]c(C)c2c1C(=O)c1c[se]cc1C2=O. The van der Waals surface area contributed by atoms with E-state index in [0.717, 1.165) is 8.87 Å². The van der Waals surface area contributed by atoms with Gasteiger partial charge in [-0.2, -0.15) is 0 Å². The molecule has 0 N–H and O–H groups in total. The first-order valence-corrected chi connectivity index (χ1v) is 8.56. The zero-order valence-corrected chi connectivity index (χ0v) is 12.2. The average Bonchev–Trinajstić information content (AvgIpc) is 2.80. The van der Waals surface area contributed by atoms with E-state index >= 15 is 0 Å². The molecule has 0 atom stereocenters. The number of aryl methyl sites for hydroxylation is 2. The first-order valence-electron chi connectivity index (χ1n) is 4.87. The predicted molar refractivity (Wildman–Crippen MR) is 63.1 cm³/mol. The van der Waals surface area contributed by atoms with E-state index in [-0.39, 0.29) is 40.6 Å². The zero-order valence-electron chi connectivity index (χ0n) is 8.79. The number of carbonyl (C=O) groups is 2. The Hall–Kier alpha value is -0.661. The van der Waals surface area contributed by atoms with Crippen LogP contribution in [-0.4, -0.2) is 40.6 Å². The zero-order chi connectivity index (χ0) is 11.4. The van der Waals surface area contributed by atoms with Crippen LogP contribution in [0.1, 0.15) is 40.7 Å². The Bertz CT molecular complexity index is 580. The fourth-order valence-electron chi connectivity index (χ4n) is 2.15. The van der Waals surface area contributed by atoms with Crippen LogP contribution in [0.3, 0.4) is 0 Å². The van der Waals surface area contributed by atoms with Gasteiger partial charge in [-0.25, -0.2) is 0 Å². The maximum atomic E-state index is 12.3. The Labute approximate surface area is 105 Å². The first-order chi connectivity index (χ1) is 7.61. The fraction of sp³-hybridized carbons (Fsp3) is 0.167. The van der Waals surface area contributed by atoms with E-state index in [1.165, 1.54) is 0 Å². The van der Waals surface area contributed by atoms with Crippen LogP contribution in [0.25, 0.3) is 0 Å². The van der Waals surface area contributed by atoms with Crippen molar-refractivity contribution in [1.82, 2.24) is 0 Å². The molecule has 80 valence electrons. The summed E-state index contributed by atoms with van der Waals surface area (Å²) in [6.45, 7) is 3.96. The van der Waals surface area contributed by atoms with Gasteiger partial charge in [0.2, 0.25) is 0 Å². The summed E-state index contributed by atoms with van der Waals surface area (Å²) >= 11 is 0.379. The molecule has 1 aliphatic carbocycles. The van der Waals surface area contributed by atoms with Crippen molar-refractivity contribution in [2.24, 2.45) is 0 Å². The molecule has 0 amide bonds. The molecular weight excluding hydrogens is 334 g/mol. The monoisotopic (exact) mass is 344 g/mol. The van der Waals surface area contributed by atoms with E-state index in [4.69, 9.17) is 0 Å². The second-order valence-electron chi connectivity index (χ2n) is 3.82. The van der Waals surface area contributed by atoms with Crippen molar-refractivity contribution in [2.75, 3.05) is 0 Å². The number of hydrogen-bond acceptors (Lipinski definition) is 2. The van der Waals surface area contributed by atoms with Crippen molar-refractivity contribution in [1.29, 1.82) is 0 Å². The van der Waals surface area contributed by atoms with Crippen LogP contribution < -0.4 is 0 Å². The number of rotatable bonds is 0. The van der Waals surface area contributed by atoms with Crippen LogP contribution in [-0.2, 0) is 0 Å². The van der Waals surface area contributed by atoms with Crippen molar-refractivity contribution < 1.29 is 9.59 Å². The number of fused-ring (bicyclic) bond motifs is 2. The van der Waals surface area contributed by atoms with Crippen LogP contribution in [0.2, 0.25) is 0 Å². The molecular formula is C12H8O2Se2. The van der Waals surface area contributed by atoms with Gasteiger partial charge < -0.3 is 0 Å². The van der Waals surface area contributed by atoms with E-state index < -0.39 is 0 Å². The molecule has 2 heterocycles. The van der Waals surface area contributed by atoms with E-state index in [9.17, 15) is 9.59 Å². The van der Waals surface area contributed by atoms with Gasteiger partial charge in [0.25, 0.3) is 0 Å². The molecule has 0 aromatic carbocycles. The Morgan fingerprint density at radius 2 is 1.31 bits per heavy atom. The average molecular weight is 342 g/mol. The summed E-state index contributed by atoms with van der Waals surface area (Å²) in [5, 5.41) is 0. The third kappa shape index (κ3) is 1.19. The summed E-state index contributed by atoms with van der Waals surface area (Å²) in [6.07, 6.45) is 0. The Kier molecular flexibility index (Phi) is 2.24. The molecule has 0 saturated carbocycles. The molecule has 3 rings (SSSR count). The Morgan fingerprint density at radius 1 is 0.875 bits per heavy atom. The summed E-state index contributed by atoms with van der Waals surface area (Å²) in [7, 11) is 0. The summed E-state index contributed by atoms with van der Waals surface area (Å²) in [5.41, 5.74) is 2.74. The summed E-state index contributed by atoms with van der Waals surface area (Å²) in [5.74, 6) is 0.160. The molecule has 0 unspecified atom stereocenters. The topological polar surface area (TPSA) is 34.1 Å². The van der Waals surface area contributed by atoms with E-state index in [1.807, 2.05) is 23.7 Å². The molecule has 0 fully saturated rings. The molecule has 0 aliphatic heterocycles. The van der Waals surface area contributed by atoms with Gasteiger partial charge in [-0.1, -0.05) is 0 Å². The van der Waals surface area contributed by atoms with Gasteiger partial charge in [0, 0.05) is 0 Å². The Balaban J connectivity index is 2.40. The van der Waals surface area contributed by atoms with Crippen molar-refractivity contribution in [3.05, 3.63) is 41.0 Å². The number of hydrogen-bond donors (Lipinski definition) is 0. The molecule has 4 heteroatoms. The van der Waals surface area contributed by atoms with Crippen LogP contribution in [0.4, 0.5) is 0 Å². The summed E-state index contributed by atoms with van der Waals surface area (Å²) in [4.78, 5) is 28.4. The molecule has 2 aromatic heterocycles.